The van der Waals surface area contributed by atoms with Crippen LogP contribution in [-0.2, 0) is 0 Å². The summed E-state index contributed by atoms with van der Waals surface area (Å²) in [4.78, 5) is 18.2. The smallest absolute Gasteiger partial charge is 0.193 e. The van der Waals surface area contributed by atoms with Crippen molar-refractivity contribution < 1.29 is 0 Å². The number of hydrogen-bond acceptors (Lipinski definition) is 3. The molecular formula is C27H20ClN3O. The van der Waals surface area contributed by atoms with Gasteiger partial charge in [-0.05, 0) is 49.4 Å². The second-order valence-corrected chi connectivity index (χ2v) is 8.01. The molecule has 0 bridgehead atoms. The summed E-state index contributed by atoms with van der Waals surface area (Å²) in [7, 11) is 0. The van der Waals surface area contributed by atoms with Crippen LogP contribution in [0, 0.1) is 6.92 Å². The molecular weight excluding hydrogens is 418 g/mol. The van der Waals surface area contributed by atoms with Crippen molar-refractivity contribution in [3.05, 3.63) is 118 Å². The van der Waals surface area contributed by atoms with Gasteiger partial charge in [0.2, 0.25) is 0 Å². The van der Waals surface area contributed by atoms with Crippen LogP contribution < -0.4 is 10.7 Å². The van der Waals surface area contributed by atoms with Gasteiger partial charge in [-0.15, -0.1) is 0 Å². The van der Waals surface area contributed by atoms with E-state index in [2.05, 4.69) is 9.88 Å². The standard InChI is InChI=1S/C27H20ClN3O/c1-18-15-23-26(27(29-18)19-9-8-10-20(28)16-19)24(32)17-25(30-21-11-4-2-5-12-21)31(23)22-13-6-3-7-14-22/h2-17,30H,1H3. The maximum Gasteiger partial charge on any atom is 0.193 e. The average Bonchev–Trinajstić information content (AvgIpc) is 2.80. The van der Waals surface area contributed by atoms with Gasteiger partial charge in [0, 0.05) is 33.7 Å². The topological polar surface area (TPSA) is 46.9 Å². The number of para-hydroxylation sites is 2. The van der Waals surface area contributed by atoms with Crippen LogP contribution in [0.1, 0.15) is 5.69 Å². The van der Waals surface area contributed by atoms with Gasteiger partial charge in [0.05, 0.1) is 16.6 Å². The fourth-order valence-corrected chi connectivity index (χ4v) is 4.12. The van der Waals surface area contributed by atoms with E-state index in [0.717, 1.165) is 28.1 Å². The Morgan fingerprint density at radius 3 is 2.28 bits per heavy atom. The van der Waals surface area contributed by atoms with E-state index in [0.29, 0.717) is 21.9 Å². The fraction of sp³-hybridized carbons (Fsp3) is 0.0370. The van der Waals surface area contributed by atoms with Crippen molar-refractivity contribution in [2.75, 3.05) is 5.32 Å². The molecule has 0 fully saturated rings. The molecule has 4 nitrogen and oxygen atoms in total. The molecule has 5 heteroatoms. The highest BCUT2D eigenvalue weighted by Crippen LogP contribution is 2.31. The van der Waals surface area contributed by atoms with Gasteiger partial charge in [0.15, 0.2) is 5.43 Å². The number of rotatable bonds is 4. The summed E-state index contributed by atoms with van der Waals surface area (Å²) in [5, 5.41) is 4.57. The van der Waals surface area contributed by atoms with Crippen LogP contribution in [0.4, 0.5) is 11.5 Å². The minimum atomic E-state index is -0.104. The minimum absolute atomic E-state index is 0.104. The zero-order chi connectivity index (χ0) is 22.1. The highest BCUT2D eigenvalue weighted by atomic mass is 35.5. The Bertz CT molecular complexity index is 1480. The highest BCUT2D eigenvalue weighted by molar-refractivity contribution is 6.30. The number of aryl methyl sites for hydroxylation is 1. The van der Waals surface area contributed by atoms with Crippen molar-refractivity contribution in [2.24, 2.45) is 0 Å². The van der Waals surface area contributed by atoms with Crippen LogP contribution in [0.3, 0.4) is 0 Å². The van der Waals surface area contributed by atoms with Crippen molar-refractivity contribution in [3.8, 4) is 16.9 Å². The van der Waals surface area contributed by atoms with Crippen molar-refractivity contribution in [1.82, 2.24) is 9.55 Å². The lowest BCUT2D eigenvalue weighted by Crippen LogP contribution is -2.14. The van der Waals surface area contributed by atoms with Crippen molar-refractivity contribution in [2.45, 2.75) is 6.92 Å². The molecule has 2 aromatic heterocycles. The summed E-state index contributed by atoms with van der Waals surface area (Å²) >= 11 is 6.25. The lowest BCUT2D eigenvalue weighted by molar-refractivity contribution is 1.09. The molecule has 0 aliphatic heterocycles. The molecule has 32 heavy (non-hydrogen) atoms. The largest absolute Gasteiger partial charge is 0.341 e. The van der Waals surface area contributed by atoms with Crippen molar-refractivity contribution in [1.29, 1.82) is 0 Å². The Balaban J connectivity index is 1.86. The SMILES string of the molecule is Cc1cc2c(c(-c3cccc(Cl)c3)n1)c(=O)cc(Nc1ccccc1)n2-c1ccccc1. The molecule has 5 aromatic rings. The van der Waals surface area contributed by atoms with E-state index >= 15 is 0 Å². The van der Waals surface area contributed by atoms with E-state index < -0.39 is 0 Å². The van der Waals surface area contributed by atoms with E-state index in [4.69, 9.17) is 16.6 Å². The summed E-state index contributed by atoms with van der Waals surface area (Å²) < 4.78 is 2.06. The number of nitrogens with one attached hydrogen (secondary N) is 1. The molecule has 156 valence electrons. The monoisotopic (exact) mass is 437 g/mol. The Hall–Kier alpha value is -3.89. The second-order valence-electron chi connectivity index (χ2n) is 7.57. The fourth-order valence-electron chi connectivity index (χ4n) is 3.93. The summed E-state index contributed by atoms with van der Waals surface area (Å²) in [6.45, 7) is 1.94. The molecule has 1 N–H and O–H groups in total. The first-order chi connectivity index (χ1) is 15.6. The molecule has 0 atom stereocenters. The Kier molecular flexibility index (Phi) is 5.21. The summed E-state index contributed by atoms with van der Waals surface area (Å²) in [6, 6.07) is 30.8. The zero-order valence-corrected chi connectivity index (χ0v) is 18.2. The third-order valence-corrected chi connectivity index (χ3v) is 5.52. The molecule has 0 spiro atoms. The Morgan fingerprint density at radius 2 is 1.56 bits per heavy atom. The molecule has 3 aromatic carbocycles. The molecule has 2 heterocycles. The third kappa shape index (κ3) is 3.77. The zero-order valence-electron chi connectivity index (χ0n) is 17.4. The number of fused-ring (bicyclic) bond motifs is 1. The quantitative estimate of drug-likeness (QED) is 0.338. The van der Waals surface area contributed by atoms with Crippen molar-refractivity contribution >= 4 is 34.0 Å². The lowest BCUT2D eigenvalue weighted by Gasteiger charge is -2.20. The molecule has 0 amide bonds. The van der Waals surface area contributed by atoms with Crippen LogP contribution in [0.25, 0.3) is 27.8 Å². The number of hydrogen-bond donors (Lipinski definition) is 1. The summed E-state index contributed by atoms with van der Waals surface area (Å²) in [5.74, 6) is 0.683. The molecule has 0 unspecified atom stereocenters. The van der Waals surface area contributed by atoms with Crippen LogP contribution in [-0.4, -0.2) is 9.55 Å². The van der Waals surface area contributed by atoms with Crippen molar-refractivity contribution in [3.63, 3.8) is 0 Å². The van der Waals surface area contributed by atoms with Gasteiger partial charge in [-0.25, -0.2) is 0 Å². The van der Waals surface area contributed by atoms with Gasteiger partial charge >= 0.3 is 0 Å². The third-order valence-electron chi connectivity index (χ3n) is 5.28. The van der Waals surface area contributed by atoms with E-state index in [9.17, 15) is 4.79 Å². The maximum atomic E-state index is 13.4. The molecule has 0 aliphatic carbocycles. The predicted molar refractivity (Wildman–Crippen MR) is 132 cm³/mol. The van der Waals surface area contributed by atoms with Gasteiger partial charge in [0.25, 0.3) is 0 Å². The molecule has 0 saturated carbocycles. The Labute approximate surface area is 190 Å². The van der Waals surface area contributed by atoms with Gasteiger partial charge in [-0.2, -0.15) is 0 Å². The molecule has 0 radical (unpaired) electrons. The van der Waals surface area contributed by atoms with Gasteiger partial charge < -0.3 is 5.32 Å². The van der Waals surface area contributed by atoms with Crippen LogP contribution in [0.5, 0.6) is 0 Å². The lowest BCUT2D eigenvalue weighted by atomic mass is 10.0. The summed E-state index contributed by atoms with van der Waals surface area (Å²) in [5.41, 5.74) is 4.77. The maximum absolute atomic E-state index is 13.4. The van der Waals surface area contributed by atoms with Crippen LogP contribution >= 0.6 is 11.6 Å². The molecule has 0 saturated heterocycles. The first kappa shape index (κ1) is 20.0. The van der Waals surface area contributed by atoms with Crippen LogP contribution in [0.2, 0.25) is 5.02 Å². The van der Waals surface area contributed by atoms with E-state index in [1.165, 1.54) is 0 Å². The molecule has 0 aliphatic rings. The summed E-state index contributed by atoms with van der Waals surface area (Å²) in [6.07, 6.45) is 0. The number of nitrogens with zero attached hydrogens (tertiary/aromatic N) is 2. The van der Waals surface area contributed by atoms with Gasteiger partial charge in [-0.1, -0.05) is 60.1 Å². The van der Waals surface area contributed by atoms with Gasteiger partial charge in [-0.3, -0.25) is 14.3 Å². The first-order valence-corrected chi connectivity index (χ1v) is 10.7. The minimum Gasteiger partial charge on any atom is -0.341 e. The normalized spacial score (nSPS) is 10.9. The number of pyridine rings is 2. The van der Waals surface area contributed by atoms with E-state index in [1.807, 2.05) is 97.9 Å². The second kappa shape index (κ2) is 8.33. The van der Waals surface area contributed by atoms with E-state index in [-0.39, 0.29) is 5.43 Å². The predicted octanol–water partition coefficient (Wildman–Crippen LogP) is 6.76. The average molecular weight is 438 g/mol. The Morgan fingerprint density at radius 1 is 0.844 bits per heavy atom. The first-order valence-electron chi connectivity index (χ1n) is 10.3. The van der Waals surface area contributed by atoms with E-state index in [1.54, 1.807) is 6.07 Å². The highest BCUT2D eigenvalue weighted by Gasteiger charge is 2.17. The number of benzene rings is 3. The van der Waals surface area contributed by atoms with Gasteiger partial charge in [0.1, 0.15) is 5.82 Å². The molecule has 5 rings (SSSR count). The van der Waals surface area contributed by atoms with Crippen LogP contribution in [0.15, 0.2) is 102 Å². The number of anilines is 2. The number of aromatic nitrogens is 2. The number of halogens is 1.